The minimum absolute atomic E-state index is 0.513. The molecule has 0 atom stereocenters. The van der Waals surface area contributed by atoms with E-state index in [0.29, 0.717) is 30.8 Å². The number of carbonyl (C=O) groups excluding carboxylic acids is 1. The molecular formula is C16H16N8OS. The van der Waals surface area contributed by atoms with Gasteiger partial charge in [-0.1, -0.05) is 0 Å². The lowest BCUT2D eigenvalue weighted by Crippen LogP contribution is -2.15. The van der Waals surface area contributed by atoms with Crippen molar-refractivity contribution in [1.82, 2.24) is 33.8 Å². The van der Waals surface area contributed by atoms with Gasteiger partial charge in [-0.2, -0.15) is 9.47 Å². The highest BCUT2D eigenvalue weighted by atomic mass is 32.1. The van der Waals surface area contributed by atoms with Crippen LogP contribution in [0.5, 0.6) is 0 Å². The third-order valence-corrected chi connectivity index (χ3v) is 4.49. The van der Waals surface area contributed by atoms with E-state index in [1.165, 1.54) is 11.5 Å². The fraction of sp³-hybridized carbons (Fsp3) is 0.188. The Bertz CT molecular complexity index is 1040. The highest BCUT2D eigenvalue weighted by molar-refractivity contribution is 7.10. The average molecular weight is 368 g/mol. The smallest absolute Gasteiger partial charge is 0.207 e. The minimum atomic E-state index is 0.513. The van der Waals surface area contributed by atoms with Crippen molar-refractivity contribution < 1.29 is 4.79 Å². The normalized spacial score (nSPS) is 11.0. The van der Waals surface area contributed by atoms with Crippen LogP contribution in [0.4, 0.5) is 10.8 Å². The number of carbonyl (C=O) groups is 1. The van der Waals surface area contributed by atoms with Crippen LogP contribution < -0.4 is 10.6 Å². The van der Waals surface area contributed by atoms with E-state index < -0.39 is 0 Å². The summed E-state index contributed by atoms with van der Waals surface area (Å²) in [6, 6.07) is 1.88. The summed E-state index contributed by atoms with van der Waals surface area (Å²) in [6.07, 6.45) is 10.5. The molecule has 2 N–H and O–H groups in total. The predicted molar refractivity (Wildman–Crippen MR) is 98.4 cm³/mol. The number of rotatable bonds is 7. The first-order valence-electron chi connectivity index (χ1n) is 7.95. The van der Waals surface area contributed by atoms with Gasteiger partial charge in [-0.05, 0) is 17.6 Å². The topological polar surface area (TPSA) is 102 Å². The Morgan fingerprint density at radius 3 is 2.96 bits per heavy atom. The molecule has 4 heterocycles. The maximum atomic E-state index is 10.5. The molecule has 0 aliphatic heterocycles. The number of imidazole rings is 1. The van der Waals surface area contributed by atoms with Gasteiger partial charge in [0.05, 0.1) is 23.8 Å². The van der Waals surface area contributed by atoms with Gasteiger partial charge in [0.2, 0.25) is 6.41 Å². The van der Waals surface area contributed by atoms with Crippen molar-refractivity contribution in [1.29, 1.82) is 0 Å². The van der Waals surface area contributed by atoms with E-state index in [1.807, 2.05) is 29.9 Å². The molecule has 0 fully saturated rings. The SMILES string of the molecule is Cn1cc(-c2cnc3c(Nc4ccns4)nc(CCNC=O)cn23)cn1. The van der Waals surface area contributed by atoms with Crippen LogP contribution in [0.1, 0.15) is 5.69 Å². The molecule has 0 aliphatic carbocycles. The van der Waals surface area contributed by atoms with Crippen molar-refractivity contribution in [3.8, 4) is 11.3 Å². The lowest BCUT2D eigenvalue weighted by atomic mass is 10.2. The van der Waals surface area contributed by atoms with Gasteiger partial charge in [-0.25, -0.2) is 9.97 Å². The van der Waals surface area contributed by atoms with Crippen molar-refractivity contribution in [3.63, 3.8) is 0 Å². The second-order valence-corrected chi connectivity index (χ2v) is 6.48. The zero-order valence-electron chi connectivity index (χ0n) is 14.0. The second kappa shape index (κ2) is 6.92. The molecule has 0 aliphatic rings. The molecule has 9 nitrogen and oxygen atoms in total. The van der Waals surface area contributed by atoms with Crippen LogP contribution >= 0.6 is 11.5 Å². The van der Waals surface area contributed by atoms with Crippen molar-refractivity contribution in [2.75, 3.05) is 11.9 Å². The number of anilines is 2. The summed E-state index contributed by atoms with van der Waals surface area (Å²) in [7, 11) is 1.88. The van der Waals surface area contributed by atoms with E-state index in [9.17, 15) is 4.79 Å². The summed E-state index contributed by atoms with van der Waals surface area (Å²) < 4.78 is 7.84. The van der Waals surface area contributed by atoms with Gasteiger partial charge in [0, 0.05) is 44.2 Å². The summed E-state index contributed by atoms with van der Waals surface area (Å²) in [5.74, 6) is 0.646. The van der Waals surface area contributed by atoms with E-state index in [0.717, 1.165) is 22.0 Å². The molecule has 1 amide bonds. The number of aryl methyl sites for hydroxylation is 1. The van der Waals surface area contributed by atoms with E-state index in [4.69, 9.17) is 0 Å². The summed E-state index contributed by atoms with van der Waals surface area (Å²) in [6.45, 7) is 0.513. The van der Waals surface area contributed by atoms with Crippen LogP contribution in [0, 0.1) is 0 Å². The molecule has 0 saturated heterocycles. The fourth-order valence-corrected chi connectivity index (χ4v) is 3.17. The zero-order valence-corrected chi connectivity index (χ0v) is 14.8. The molecule has 0 aromatic carbocycles. The predicted octanol–water partition coefficient (Wildman–Crippen LogP) is 1.62. The Morgan fingerprint density at radius 1 is 1.31 bits per heavy atom. The first-order valence-corrected chi connectivity index (χ1v) is 8.72. The van der Waals surface area contributed by atoms with Gasteiger partial charge in [0.25, 0.3) is 0 Å². The fourth-order valence-electron chi connectivity index (χ4n) is 2.67. The largest absolute Gasteiger partial charge is 0.358 e. The van der Waals surface area contributed by atoms with E-state index in [2.05, 4.69) is 30.1 Å². The van der Waals surface area contributed by atoms with Crippen molar-refractivity contribution >= 4 is 34.4 Å². The van der Waals surface area contributed by atoms with Crippen LogP contribution in [0.2, 0.25) is 0 Å². The molecule has 10 heteroatoms. The Labute approximate surface area is 152 Å². The highest BCUT2D eigenvalue weighted by Crippen LogP contribution is 2.26. The highest BCUT2D eigenvalue weighted by Gasteiger charge is 2.14. The zero-order chi connectivity index (χ0) is 17.9. The van der Waals surface area contributed by atoms with E-state index in [1.54, 1.807) is 23.3 Å². The number of fused-ring (bicyclic) bond motifs is 1. The maximum absolute atomic E-state index is 10.5. The number of aromatic nitrogens is 6. The quantitative estimate of drug-likeness (QED) is 0.380. The molecule has 0 saturated carbocycles. The van der Waals surface area contributed by atoms with Gasteiger partial charge in [0.1, 0.15) is 5.00 Å². The summed E-state index contributed by atoms with van der Waals surface area (Å²) >= 11 is 1.35. The number of amides is 1. The third kappa shape index (κ3) is 3.14. The van der Waals surface area contributed by atoms with Crippen LogP contribution in [0.3, 0.4) is 0 Å². The Morgan fingerprint density at radius 2 is 2.23 bits per heavy atom. The maximum Gasteiger partial charge on any atom is 0.207 e. The first-order chi connectivity index (χ1) is 12.7. The molecule has 0 bridgehead atoms. The average Bonchev–Trinajstić information content (AvgIpc) is 3.36. The molecule has 4 aromatic rings. The minimum Gasteiger partial charge on any atom is -0.358 e. The van der Waals surface area contributed by atoms with Gasteiger partial charge in [-0.15, -0.1) is 0 Å². The number of hydrogen-bond acceptors (Lipinski definition) is 7. The third-order valence-electron chi connectivity index (χ3n) is 3.83. The van der Waals surface area contributed by atoms with E-state index in [-0.39, 0.29) is 0 Å². The van der Waals surface area contributed by atoms with Gasteiger partial charge >= 0.3 is 0 Å². The van der Waals surface area contributed by atoms with E-state index >= 15 is 0 Å². The lowest BCUT2D eigenvalue weighted by molar-refractivity contribution is -0.109. The van der Waals surface area contributed by atoms with Crippen molar-refractivity contribution in [2.24, 2.45) is 7.05 Å². The van der Waals surface area contributed by atoms with Gasteiger partial charge < -0.3 is 10.6 Å². The van der Waals surface area contributed by atoms with Gasteiger partial charge in [-0.3, -0.25) is 13.9 Å². The summed E-state index contributed by atoms with van der Waals surface area (Å²) in [5, 5.41) is 11.1. The lowest BCUT2D eigenvalue weighted by Gasteiger charge is -2.09. The standard InChI is InChI=1S/C16H16N8OS/c1-23-8-11(6-19-23)13-7-18-16-15(22-14-3-5-20-26-14)21-12(9-24(13)16)2-4-17-10-25/h3,5-10H,2,4H2,1H3,(H,17,25)(H,21,22). The summed E-state index contributed by atoms with van der Waals surface area (Å²) in [5.41, 5.74) is 3.44. The Hall–Kier alpha value is -3.27. The molecule has 0 spiro atoms. The monoisotopic (exact) mass is 368 g/mol. The van der Waals surface area contributed by atoms with Crippen LogP contribution in [-0.4, -0.2) is 41.5 Å². The number of nitrogens with zero attached hydrogens (tertiary/aromatic N) is 6. The molecule has 4 rings (SSSR count). The molecule has 0 radical (unpaired) electrons. The number of hydrogen-bond donors (Lipinski definition) is 2. The van der Waals surface area contributed by atoms with Crippen LogP contribution in [0.15, 0.2) is 37.1 Å². The first kappa shape index (κ1) is 16.2. The molecule has 26 heavy (non-hydrogen) atoms. The molecule has 0 unspecified atom stereocenters. The second-order valence-electron chi connectivity index (χ2n) is 5.64. The molecule has 132 valence electrons. The van der Waals surface area contributed by atoms with Crippen LogP contribution in [0.25, 0.3) is 16.9 Å². The molecule has 4 aromatic heterocycles. The van der Waals surface area contributed by atoms with Crippen LogP contribution in [-0.2, 0) is 18.3 Å². The number of nitrogens with one attached hydrogen (secondary N) is 2. The van der Waals surface area contributed by atoms with Gasteiger partial charge in [0.15, 0.2) is 11.5 Å². The van der Waals surface area contributed by atoms with Crippen molar-refractivity contribution in [2.45, 2.75) is 6.42 Å². The Kier molecular flexibility index (Phi) is 4.32. The summed E-state index contributed by atoms with van der Waals surface area (Å²) in [4.78, 5) is 19.7. The Balaban J connectivity index is 1.80. The molecular weight excluding hydrogens is 352 g/mol. The van der Waals surface area contributed by atoms with Crippen molar-refractivity contribution in [3.05, 3.63) is 42.7 Å².